The van der Waals surface area contributed by atoms with Gasteiger partial charge in [0.1, 0.15) is 17.9 Å². The number of nitrogens with one attached hydrogen (secondary N) is 1. The Morgan fingerprint density at radius 1 is 1.32 bits per heavy atom. The van der Waals surface area contributed by atoms with Gasteiger partial charge in [0.2, 0.25) is 5.91 Å². The summed E-state index contributed by atoms with van der Waals surface area (Å²) in [5, 5.41) is 21.4. The summed E-state index contributed by atoms with van der Waals surface area (Å²) in [6.07, 6.45) is -0.795. The maximum absolute atomic E-state index is 11.9. The lowest BCUT2D eigenvalue weighted by Gasteiger charge is -2.18. The zero-order valence-corrected chi connectivity index (χ0v) is 13.1. The second kappa shape index (κ2) is 8.38. The largest absolute Gasteiger partial charge is 0.497 e. The van der Waals surface area contributed by atoms with Crippen molar-refractivity contribution in [2.45, 2.75) is 38.8 Å². The molecule has 0 saturated carbocycles. The summed E-state index contributed by atoms with van der Waals surface area (Å²) in [6, 6.07) is 5.88. The molecular formula is C16H23NO5. The third-order valence-electron chi connectivity index (χ3n) is 3.19. The van der Waals surface area contributed by atoms with Crippen molar-refractivity contribution in [3.63, 3.8) is 0 Å². The van der Waals surface area contributed by atoms with Gasteiger partial charge in [-0.25, -0.2) is 4.79 Å². The van der Waals surface area contributed by atoms with Crippen LogP contribution in [0.4, 0.5) is 0 Å². The molecule has 122 valence electrons. The Morgan fingerprint density at radius 2 is 2.00 bits per heavy atom. The summed E-state index contributed by atoms with van der Waals surface area (Å²) in [7, 11) is 1.53. The highest BCUT2D eigenvalue weighted by molar-refractivity contribution is 5.86. The van der Waals surface area contributed by atoms with Gasteiger partial charge in [0, 0.05) is 6.42 Å². The van der Waals surface area contributed by atoms with Crippen LogP contribution in [0, 0.1) is 5.92 Å². The number of amides is 1. The summed E-state index contributed by atoms with van der Waals surface area (Å²) >= 11 is 0. The fourth-order valence-corrected chi connectivity index (χ4v) is 2.06. The number of carbonyl (C=O) groups excluding carboxylic acids is 1. The number of hydrogen-bond acceptors (Lipinski definition) is 4. The molecule has 0 heterocycles. The molecule has 0 spiro atoms. The van der Waals surface area contributed by atoms with E-state index in [4.69, 9.17) is 4.74 Å². The van der Waals surface area contributed by atoms with Gasteiger partial charge in [0.15, 0.2) is 0 Å². The number of ether oxygens (including phenoxy) is 1. The second-order valence-corrected chi connectivity index (χ2v) is 5.60. The number of aliphatic carboxylic acids is 1. The first-order chi connectivity index (χ1) is 10.3. The van der Waals surface area contributed by atoms with Crippen molar-refractivity contribution in [1.29, 1.82) is 0 Å². The van der Waals surface area contributed by atoms with Gasteiger partial charge in [0.25, 0.3) is 0 Å². The average Bonchev–Trinajstić information content (AvgIpc) is 2.45. The van der Waals surface area contributed by atoms with Gasteiger partial charge in [-0.1, -0.05) is 26.0 Å². The molecule has 0 bridgehead atoms. The average molecular weight is 309 g/mol. The van der Waals surface area contributed by atoms with Gasteiger partial charge < -0.3 is 20.3 Å². The Morgan fingerprint density at radius 3 is 2.55 bits per heavy atom. The van der Waals surface area contributed by atoms with Crippen LogP contribution < -0.4 is 10.1 Å². The molecule has 2 atom stereocenters. The van der Waals surface area contributed by atoms with E-state index in [1.165, 1.54) is 7.11 Å². The summed E-state index contributed by atoms with van der Waals surface area (Å²) in [5.41, 5.74) is 0.727. The number of carboxylic acids is 1. The van der Waals surface area contributed by atoms with E-state index in [0.29, 0.717) is 5.75 Å². The van der Waals surface area contributed by atoms with Gasteiger partial charge >= 0.3 is 5.97 Å². The zero-order chi connectivity index (χ0) is 16.7. The van der Waals surface area contributed by atoms with E-state index in [9.17, 15) is 19.8 Å². The summed E-state index contributed by atoms with van der Waals surface area (Å²) in [4.78, 5) is 23.2. The van der Waals surface area contributed by atoms with E-state index in [0.717, 1.165) is 5.56 Å². The van der Waals surface area contributed by atoms with Crippen molar-refractivity contribution in [1.82, 2.24) is 5.32 Å². The number of aliphatic hydroxyl groups is 1. The Hall–Kier alpha value is -2.08. The van der Waals surface area contributed by atoms with Crippen LogP contribution in [-0.2, 0) is 16.0 Å². The van der Waals surface area contributed by atoms with Crippen molar-refractivity contribution in [3.8, 4) is 5.75 Å². The zero-order valence-electron chi connectivity index (χ0n) is 13.1. The standard InChI is InChI=1S/C16H23NO5/c1-10(2)7-14(18)15(19)17-13(16(20)21)9-11-5-4-6-12(8-11)22-3/h4-6,8,10,13-14,18H,7,9H2,1-3H3,(H,17,19)(H,20,21)/t13-,14+/m0/s1. The van der Waals surface area contributed by atoms with E-state index in [1.807, 2.05) is 13.8 Å². The van der Waals surface area contributed by atoms with Gasteiger partial charge in [-0.3, -0.25) is 4.79 Å². The number of methoxy groups -OCH3 is 1. The van der Waals surface area contributed by atoms with Gasteiger partial charge in [0.05, 0.1) is 7.11 Å². The number of carboxylic acid groups (broad SMARTS) is 1. The summed E-state index contributed by atoms with van der Waals surface area (Å²) < 4.78 is 5.09. The molecule has 3 N–H and O–H groups in total. The quantitative estimate of drug-likeness (QED) is 0.671. The Labute approximate surface area is 130 Å². The summed E-state index contributed by atoms with van der Waals surface area (Å²) in [5.74, 6) is -1.05. The molecule has 0 aliphatic rings. The van der Waals surface area contributed by atoms with Crippen molar-refractivity contribution < 1.29 is 24.5 Å². The molecular weight excluding hydrogens is 286 g/mol. The first-order valence-electron chi connectivity index (χ1n) is 7.17. The minimum absolute atomic E-state index is 0.118. The lowest BCUT2D eigenvalue weighted by molar-refractivity contribution is -0.143. The lowest BCUT2D eigenvalue weighted by Crippen LogP contribution is -2.46. The maximum atomic E-state index is 11.9. The van der Waals surface area contributed by atoms with Crippen LogP contribution in [0.15, 0.2) is 24.3 Å². The molecule has 1 aromatic rings. The fraction of sp³-hybridized carbons (Fsp3) is 0.500. The normalized spacial score (nSPS) is 13.5. The van der Waals surface area contributed by atoms with E-state index in [1.54, 1.807) is 24.3 Å². The van der Waals surface area contributed by atoms with Crippen LogP contribution >= 0.6 is 0 Å². The fourth-order valence-electron chi connectivity index (χ4n) is 2.06. The minimum atomic E-state index is -1.20. The number of aliphatic hydroxyl groups excluding tert-OH is 1. The van der Waals surface area contributed by atoms with E-state index >= 15 is 0 Å². The van der Waals surface area contributed by atoms with Crippen molar-refractivity contribution in [3.05, 3.63) is 29.8 Å². The second-order valence-electron chi connectivity index (χ2n) is 5.60. The molecule has 0 radical (unpaired) electrons. The molecule has 0 unspecified atom stereocenters. The van der Waals surface area contributed by atoms with Gasteiger partial charge in [-0.05, 0) is 30.0 Å². The van der Waals surface area contributed by atoms with E-state index < -0.39 is 24.0 Å². The third-order valence-corrected chi connectivity index (χ3v) is 3.19. The molecule has 6 heteroatoms. The molecule has 1 rings (SSSR count). The topological polar surface area (TPSA) is 95.9 Å². The Balaban J connectivity index is 2.73. The number of carbonyl (C=O) groups is 2. The predicted octanol–water partition coefficient (Wildman–Crippen LogP) is 1.21. The first-order valence-corrected chi connectivity index (χ1v) is 7.17. The highest BCUT2D eigenvalue weighted by Crippen LogP contribution is 2.14. The molecule has 0 saturated heterocycles. The monoisotopic (exact) mass is 309 g/mol. The molecule has 6 nitrogen and oxygen atoms in total. The maximum Gasteiger partial charge on any atom is 0.326 e. The summed E-state index contributed by atoms with van der Waals surface area (Å²) in [6.45, 7) is 3.75. The number of benzene rings is 1. The first kappa shape index (κ1) is 18.0. The van der Waals surface area contributed by atoms with E-state index in [2.05, 4.69) is 5.32 Å². The predicted molar refractivity (Wildman–Crippen MR) is 81.7 cm³/mol. The van der Waals surface area contributed by atoms with Crippen LogP contribution in [-0.4, -0.2) is 41.3 Å². The lowest BCUT2D eigenvalue weighted by atomic mass is 10.0. The molecule has 0 aliphatic heterocycles. The Kier molecular flexibility index (Phi) is 6.85. The number of rotatable bonds is 8. The molecule has 1 aromatic carbocycles. The minimum Gasteiger partial charge on any atom is -0.497 e. The molecule has 0 aromatic heterocycles. The highest BCUT2D eigenvalue weighted by atomic mass is 16.5. The van der Waals surface area contributed by atoms with Gasteiger partial charge in [-0.15, -0.1) is 0 Å². The third kappa shape index (κ3) is 5.73. The smallest absolute Gasteiger partial charge is 0.326 e. The van der Waals surface area contributed by atoms with Crippen LogP contribution in [0.1, 0.15) is 25.8 Å². The molecule has 0 aliphatic carbocycles. The van der Waals surface area contributed by atoms with Crippen LogP contribution in [0.3, 0.4) is 0 Å². The van der Waals surface area contributed by atoms with Crippen LogP contribution in [0.25, 0.3) is 0 Å². The van der Waals surface area contributed by atoms with Crippen molar-refractivity contribution in [2.75, 3.05) is 7.11 Å². The van der Waals surface area contributed by atoms with E-state index in [-0.39, 0.29) is 18.8 Å². The SMILES string of the molecule is COc1cccc(C[C@H](NC(=O)[C@H](O)CC(C)C)C(=O)O)c1. The van der Waals surface area contributed by atoms with Crippen molar-refractivity contribution in [2.24, 2.45) is 5.92 Å². The highest BCUT2D eigenvalue weighted by Gasteiger charge is 2.24. The number of hydrogen-bond donors (Lipinski definition) is 3. The molecule has 1 amide bonds. The molecule has 22 heavy (non-hydrogen) atoms. The van der Waals surface area contributed by atoms with Crippen molar-refractivity contribution >= 4 is 11.9 Å². The van der Waals surface area contributed by atoms with Crippen LogP contribution in [0.2, 0.25) is 0 Å². The van der Waals surface area contributed by atoms with Crippen LogP contribution in [0.5, 0.6) is 5.75 Å². The van der Waals surface area contributed by atoms with Gasteiger partial charge in [-0.2, -0.15) is 0 Å². The Bertz CT molecular complexity index is 515. The molecule has 0 fully saturated rings.